The number of benzene rings is 2. The Morgan fingerprint density at radius 3 is 2.40 bits per heavy atom. The van der Waals surface area contributed by atoms with Gasteiger partial charge in [0.2, 0.25) is 0 Å². The highest BCUT2D eigenvalue weighted by atomic mass is 19.1. The van der Waals surface area contributed by atoms with E-state index in [-0.39, 0.29) is 12.2 Å². The zero-order valence-corrected chi connectivity index (χ0v) is 10.4. The van der Waals surface area contributed by atoms with Crippen molar-refractivity contribution in [1.29, 1.82) is 5.26 Å². The Morgan fingerprint density at radius 2 is 1.80 bits per heavy atom. The van der Waals surface area contributed by atoms with Crippen molar-refractivity contribution in [2.45, 2.75) is 13.2 Å². The van der Waals surface area contributed by atoms with Crippen LogP contribution in [0, 0.1) is 23.0 Å². The second-order valence-corrected chi connectivity index (χ2v) is 4.15. The number of nitrogens with zero attached hydrogens (tertiary/aromatic N) is 1. The molecule has 2 rings (SSSR count). The molecule has 0 saturated heterocycles. The number of hydrogen-bond donors (Lipinski definition) is 1. The van der Waals surface area contributed by atoms with Gasteiger partial charge in [0.25, 0.3) is 0 Å². The summed E-state index contributed by atoms with van der Waals surface area (Å²) in [6.45, 7) is -0.500. The molecule has 102 valence electrons. The van der Waals surface area contributed by atoms with Crippen LogP contribution in [0.15, 0.2) is 36.4 Å². The van der Waals surface area contributed by atoms with Gasteiger partial charge in [0.15, 0.2) is 17.4 Å². The molecule has 0 unspecified atom stereocenters. The van der Waals surface area contributed by atoms with E-state index in [1.807, 2.05) is 6.07 Å². The van der Waals surface area contributed by atoms with Crippen LogP contribution in [0.2, 0.25) is 0 Å². The lowest BCUT2D eigenvalue weighted by Gasteiger charge is -2.09. The molecule has 0 heterocycles. The lowest BCUT2D eigenvalue weighted by atomic mass is 10.1. The monoisotopic (exact) mass is 275 g/mol. The smallest absolute Gasteiger partial charge is 0.191 e. The van der Waals surface area contributed by atoms with E-state index in [1.54, 1.807) is 24.3 Å². The molecule has 0 fully saturated rings. The van der Waals surface area contributed by atoms with Crippen LogP contribution in [-0.4, -0.2) is 5.11 Å². The number of rotatable bonds is 4. The van der Waals surface area contributed by atoms with Gasteiger partial charge in [-0.05, 0) is 35.4 Å². The average molecular weight is 275 g/mol. The summed E-state index contributed by atoms with van der Waals surface area (Å²) in [7, 11) is 0. The van der Waals surface area contributed by atoms with Crippen molar-refractivity contribution in [3.05, 3.63) is 64.7 Å². The van der Waals surface area contributed by atoms with E-state index in [0.29, 0.717) is 11.1 Å². The van der Waals surface area contributed by atoms with Gasteiger partial charge in [-0.1, -0.05) is 12.1 Å². The van der Waals surface area contributed by atoms with E-state index in [1.165, 1.54) is 0 Å². The molecular formula is C15H11F2NO2. The van der Waals surface area contributed by atoms with E-state index < -0.39 is 24.0 Å². The van der Waals surface area contributed by atoms with Crippen molar-refractivity contribution >= 4 is 0 Å². The fraction of sp³-hybridized carbons (Fsp3) is 0.133. The van der Waals surface area contributed by atoms with Gasteiger partial charge in [-0.25, -0.2) is 8.78 Å². The van der Waals surface area contributed by atoms with Crippen LogP contribution in [0.1, 0.15) is 16.7 Å². The Morgan fingerprint density at radius 1 is 1.10 bits per heavy atom. The highest BCUT2D eigenvalue weighted by molar-refractivity contribution is 5.34. The number of hydrogen-bond acceptors (Lipinski definition) is 3. The first kappa shape index (κ1) is 14.0. The highest BCUT2D eigenvalue weighted by Gasteiger charge is 2.12. The molecule has 2 aromatic carbocycles. The first-order valence-corrected chi connectivity index (χ1v) is 5.84. The van der Waals surface area contributed by atoms with Gasteiger partial charge in [-0.3, -0.25) is 0 Å². The summed E-state index contributed by atoms with van der Waals surface area (Å²) >= 11 is 0. The summed E-state index contributed by atoms with van der Waals surface area (Å²) in [5, 5.41) is 17.6. The Balaban J connectivity index is 2.17. The average Bonchev–Trinajstić information content (AvgIpc) is 2.46. The minimum absolute atomic E-state index is 0.0537. The maximum atomic E-state index is 13.6. The van der Waals surface area contributed by atoms with Crippen molar-refractivity contribution < 1.29 is 18.6 Å². The number of aliphatic hydroxyl groups is 1. The van der Waals surface area contributed by atoms with Gasteiger partial charge in [-0.2, -0.15) is 5.26 Å². The second-order valence-electron chi connectivity index (χ2n) is 4.15. The number of aliphatic hydroxyl groups excluding tert-OH is 1. The third-order valence-corrected chi connectivity index (χ3v) is 2.68. The normalized spacial score (nSPS) is 10.1. The van der Waals surface area contributed by atoms with Crippen molar-refractivity contribution in [2.24, 2.45) is 0 Å². The minimum atomic E-state index is -0.870. The molecule has 5 heteroatoms. The summed E-state index contributed by atoms with van der Waals surface area (Å²) in [6.07, 6.45) is 0. The first-order valence-electron chi connectivity index (χ1n) is 5.84. The molecule has 0 aliphatic carbocycles. The molecule has 3 nitrogen and oxygen atoms in total. The molecule has 0 aliphatic heterocycles. The Bertz CT molecular complexity index is 642. The fourth-order valence-corrected chi connectivity index (χ4v) is 1.73. The zero-order valence-electron chi connectivity index (χ0n) is 10.4. The van der Waals surface area contributed by atoms with E-state index >= 15 is 0 Å². The third kappa shape index (κ3) is 3.11. The molecule has 0 aliphatic rings. The van der Waals surface area contributed by atoms with Gasteiger partial charge in [-0.15, -0.1) is 0 Å². The van der Waals surface area contributed by atoms with Gasteiger partial charge in [0, 0.05) is 0 Å². The van der Waals surface area contributed by atoms with Crippen molar-refractivity contribution in [3.8, 4) is 11.8 Å². The second kappa shape index (κ2) is 6.13. The molecule has 2 aromatic rings. The van der Waals surface area contributed by atoms with Gasteiger partial charge in [0.1, 0.15) is 6.61 Å². The van der Waals surface area contributed by atoms with Crippen LogP contribution in [0.5, 0.6) is 5.75 Å². The van der Waals surface area contributed by atoms with Crippen LogP contribution in [0.25, 0.3) is 0 Å². The standard InChI is InChI=1S/C15H11F2NO2/c16-13-5-12(8-19)6-14(17)15(13)20-9-11-3-1-2-10(4-11)7-18/h1-6,19H,8-9H2. The van der Waals surface area contributed by atoms with Gasteiger partial charge >= 0.3 is 0 Å². The maximum Gasteiger partial charge on any atom is 0.191 e. The van der Waals surface area contributed by atoms with Crippen molar-refractivity contribution in [1.82, 2.24) is 0 Å². The lowest BCUT2D eigenvalue weighted by Crippen LogP contribution is -2.01. The largest absolute Gasteiger partial charge is 0.483 e. The topological polar surface area (TPSA) is 53.2 Å². The summed E-state index contributed by atoms with van der Waals surface area (Å²) in [5.41, 5.74) is 1.22. The van der Waals surface area contributed by atoms with E-state index in [0.717, 1.165) is 12.1 Å². The number of nitriles is 1. The van der Waals surface area contributed by atoms with Crippen LogP contribution in [0.3, 0.4) is 0 Å². The first-order chi connectivity index (χ1) is 9.63. The third-order valence-electron chi connectivity index (χ3n) is 2.68. The molecule has 0 radical (unpaired) electrons. The van der Waals surface area contributed by atoms with E-state index in [9.17, 15) is 8.78 Å². The predicted octanol–water partition coefficient (Wildman–Crippen LogP) is 2.91. The predicted molar refractivity (Wildman–Crippen MR) is 67.8 cm³/mol. The van der Waals surface area contributed by atoms with Crippen LogP contribution >= 0.6 is 0 Å². The molecular weight excluding hydrogens is 264 g/mol. The highest BCUT2D eigenvalue weighted by Crippen LogP contribution is 2.24. The molecule has 0 bridgehead atoms. The molecule has 0 aromatic heterocycles. The number of ether oxygens (including phenoxy) is 1. The summed E-state index contributed by atoms with van der Waals surface area (Å²) in [6, 6.07) is 10.6. The molecule has 20 heavy (non-hydrogen) atoms. The maximum absolute atomic E-state index is 13.6. The molecule has 0 spiro atoms. The molecule has 0 saturated carbocycles. The van der Waals surface area contributed by atoms with E-state index in [2.05, 4.69) is 0 Å². The zero-order chi connectivity index (χ0) is 14.5. The summed E-state index contributed by atoms with van der Waals surface area (Å²) in [5.74, 6) is -2.24. The summed E-state index contributed by atoms with van der Waals surface area (Å²) < 4.78 is 32.3. The SMILES string of the molecule is N#Cc1cccc(COc2c(F)cc(CO)cc2F)c1. The van der Waals surface area contributed by atoms with Crippen molar-refractivity contribution in [2.75, 3.05) is 0 Å². The lowest BCUT2D eigenvalue weighted by molar-refractivity contribution is 0.266. The molecule has 1 N–H and O–H groups in total. The Kier molecular flexibility index (Phi) is 4.28. The fourth-order valence-electron chi connectivity index (χ4n) is 1.73. The quantitative estimate of drug-likeness (QED) is 0.933. The van der Waals surface area contributed by atoms with Crippen LogP contribution < -0.4 is 4.74 Å². The van der Waals surface area contributed by atoms with Crippen LogP contribution in [-0.2, 0) is 13.2 Å². The minimum Gasteiger partial charge on any atom is -0.483 e. The van der Waals surface area contributed by atoms with Gasteiger partial charge in [0.05, 0.1) is 18.2 Å². The molecule has 0 atom stereocenters. The Labute approximate surface area is 114 Å². The van der Waals surface area contributed by atoms with Crippen LogP contribution in [0.4, 0.5) is 8.78 Å². The van der Waals surface area contributed by atoms with Gasteiger partial charge < -0.3 is 9.84 Å². The van der Waals surface area contributed by atoms with E-state index in [4.69, 9.17) is 15.1 Å². The number of halogens is 2. The molecule has 0 amide bonds. The van der Waals surface area contributed by atoms with Crippen molar-refractivity contribution in [3.63, 3.8) is 0 Å². The Hall–Kier alpha value is -2.45. The summed E-state index contributed by atoms with van der Waals surface area (Å²) in [4.78, 5) is 0.